The van der Waals surface area contributed by atoms with Gasteiger partial charge in [-0.2, -0.15) is 16.9 Å². The second-order valence-corrected chi connectivity index (χ2v) is 7.41. The van der Waals surface area contributed by atoms with Gasteiger partial charge < -0.3 is 15.1 Å². The highest BCUT2D eigenvalue weighted by molar-refractivity contribution is 7.99. The van der Waals surface area contributed by atoms with Gasteiger partial charge in [-0.3, -0.25) is 9.59 Å². The van der Waals surface area contributed by atoms with Crippen LogP contribution in [0.4, 0.5) is 5.69 Å². The molecule has 8 heteroatoms. The van der Waals surface area contributed by atoms with Gasteiger partial charge in [0.2, 0.25) is 5.91 Å². The molecule has 7 nitrogen and oxygen atoms in total. The second-order valence-electron chi connectivity index (χ2n) is 6.30. The first-order valence-corrected chi connectivity index (χ1v) is 8.76. The van der Waals surface area contributed by atoms with E-state index < -0.39 is 0 Å². The summed E-state index contributed by atoms with van der Waals surface area (Å²) in [6.45, 7) is 0.541. The number of aromatic nitrogens is 2. The van der Waals surface area contributed by atoms with Gasteiger partial charge in [-0.1, -0.05) is 0 Å². The molecule has 128 valence electrons. The van der Waals surface area contributed by atoms with Crippen molar-refractivity contribution in [3.63, 3.8) is 0 Å². The molecule has 0 saturated carbocycles. The fourth-order valence-electron chi connectivity index (χ4n) is 2.49. The topological polar surface area (TPSA) is 70.5 Å². The minimum Gasteiger partial charge on any atom is -0.376 e. The molecule has 2 heterocycles. The molecule has 0 bridgehead atoms. The van der Waals surface area contributed by atoms with Gasteiger partial charge in [0.1, 0.15) is 6.54 Å². The summed E-state index contributed by atoms with van der Waals surface area (Å²) in [6.07, 6.45) is 2.64. The number of thioether (sulfide) groups is 1. The number of hydrogen-bond acceptors (Lipinski definition) is 6. The molecule has 2 rings (SSSR count). The van der Waals surface area contributed by atoms with Crippen LogP contribution in [-0.2, 0) is 11.3 Å². The van der Waals surface area contributed by atoms with Crippen molar-refractivity contribution in [3.05, 3.63) is 22.6 Å². The number of carbonyl (C=O) groups excluding carboxylic acids is 1. The number of hydrogen-bond donors (Lipinski definition) is 1. The number of nitrogens with zero attached hydrogens (tertiary/aromatic N) is 4. The Morgan fingerprint density at radius 1 is 1.43 bits per heavy atom. The Morgan fingerprint density at radius 3 is 2.70 bits per heavy atom. The van der Waals surface area contributed by atoms with Crippen LogP contribution < -0.4 is 15.8 Å². The van der Waals surface area contributed by atoms with E-state index in [0.717, 1.165) is 23.6 Å². The van der Waals surface area contributed by atoms with E-state index in [-0.39, 0.29) is 23.6 Å². The number of carbonyl (C=O) groups is 1. The van der Waals surface area contributed by atoms with Gasteiger partial charge in [-0.05, 0) is 26.3 Å². The minimum atomic E-state index is -0.273. The highest BCUT2D eigenvalue weighted by atomic mass is 32.2. The lowest BCUT2D eigenvalue weighted by Crippen LogP contribution is -2.53. The van der Waals surface area contributed by atoms with E-state index in [9.17, 15) is 9.59 Å². The van der Waals surface area contributed by atoms with E-state index in [4.69, 9.17) is 0 Å². The molecule has 1 amide bonds. The zero-order valence-electron chi connectivity index (χ0n) is 14.2. The lowest BCUT2D eigenvalue weighted by Gasteiger charge is -2.35. The quantitative estimate of drug-likeness (QED) is 0.778. The monoisotopic (exact) mass is 339 g/mol. The Balaban J connectivity index is 1.96. The summed E-state index contributed by atoms with van der Waals surface area (Å²) in [7, 11) is 7.77. The summed E-state index contributed by atoms with van der Waals surface area (Å²) in [6, 6.07) is 1.48. The van der Waals surface area contributed by atoms with Crippen molar-refractivity contribution < 1.29 is 4.79 Å². The average Bonchev–Trinajstić information content (AvgIpc) is 2.97. The first-order valence-electron chi connectivity index (χ1n) is 7.60. The van der Waals surface area contributed by atoms with Gasteiger partial charge in [0.15, 0.2) is 0 Å². The fourth-order valence-corrected chi connectivity index (χ4v) is 4.04. The average molecular weight is 339 g/mol. The molecule has 1 aromatic heterocycles. The van der Waals surface area contributed by atoms with Crippen molar-refractivity contribution in [1.29, 1.82) is 0 Å². The lowest BCUT2D eigenvalue weighted by atomic mass is 9.97. The van der Waals surface area contributed by atoms with Crippen LogP contribution in [0.2, 0.25) is 0 Å². The van der Waals surface area contributed by atoms with Crippen LogP contribution in [0, 0.1) is 0 Å². The number of nitrogens with one attached hydrogen (secondary N) is 1. The van der Waals surface area contributed by atoms with Gasteiger partial charge in [-0.25, -0.2) is 4.68 Å². The molecule has 1 saturated heterocycles. The molecule has 0 aliphatic carbocycles. The van der Waals surface area contributed by atoms with Crippen LogP contribution in [0.3, 0.4) is 0 Å². The van der Waals surface area contributed by atoms with Crippen molar-refractivity contribution in [3.8, 4) is 0 Å². The predicted octanol–water partition coefficient (Wildman–Crippen LogP) is -0.137. The molecule has 1 N–H and O–H groups in total. The Morgan fingerprint density at radius 2 is 2.17 bits per heavy atom. The summed E-state index contributed by atoms with van der Waals surface area (Å²) >= 11 is 1.91. The van der Waals surface area contributed by atoms with E-state index in [1.54, 1.807) is 11.1 Å². The van der Waals surface area contributed by atoms with Crippen LogP contribution in [0.25, 0.3) is 0 Å². The van der Waals surface area contributed by atoms with Crippen LogP contribution in [0.1, 0.15) is 6.42 Å². The van der Waals surface area contributed by atoms with Crippen LogP contribution in [0.15, 0.2) is 17.1 Å². The molecule has 1 atom stereocenters. The largest absolute Gasteiger partial charge is 0.376 e. The third kappa shape index (κ3) is 4.26. The second kappa shape index (κ2) is 7.35. The number of amides is 1. The maximum absolute atomic E-state index is 12.2. The maximum atomic E-state index is 12.2. The van der Waals surface area contributed by atoms with E-state index >= 15 is 0 Å². The van der Waals surface area contributed by atoms with Gasteiger partial charge in [0.05, 0.1) is 11.9 Å². The molecule has 1 aliphatic heterocycles. The summed E-state index contributed by atoms with van der Waals surface area (Å²) in [4.78, 5) is 28.1. The highest BCUT2D eigenvalue weighted by Crippen LogP contribution is 2.31. The van der Waals surface area contributed by atoms with E-state index in [0.29, 0.717) is 6.54 Å². The summed E-state index contributed by atoms with van der Waals surface area (Å²) in [5.74, 6) is 1.94. The molecular formula is C15H25N5O2S. The van der Waals surface area contributed by atoms with Crippen LogP contribution in [0.5, 0.6) is 0 Å². The van der Waals surface area contributed by atoms with Crippen LogP contribution in [-0.4, -0.2) is 72.4 Å². The molecule has 23 heavy (non-hydrogen) atoms. The zero-order chi connectivity index (χ0) is 17.0. The summed E-state index contributed by atoms with van der Waals surface area (Å²) in [5, 5.41) is 7.01. The Hall–Kier alpha value is -1.54. The fraction of sp³-hybridized carbons (Fsp3) is 0.667. The van der Waals surface area contributed by atoms with Crippen molar-refractivity contribution in [1.82, 2.24) is 20.0 Å². The number of anilines is 1. The number of rotatable bonds is 6. The molecule has 0 radical (unpaired) electrons. The van der Waals surface area contributed by atoms with Gasteiger partial charge in [0.25, 0.3) is 5.56 Å². The van der Waals surface area contributed by atoms with Crippen molar-refractivity contribution in [2.75, 3.05) is 51.1 Å². The molecule has 1 aliphatic rings. The van der Waals surface area contributed by atoms with Crippen LogP contribution >= 0.6 is 11.8 Å². The van der Waals surface area contributed by atoms with Gasteiger partial charge in [-0.15, -0.1) is 0 Å². The Bertz CT molecular complexity index is 608. The molecule has 1 unspecified atom stereocenters. The first kappa shape index (κ1) is 17.8. The Labute approximate surface area is 141 Å². The van der Waals surface area contributed by atoms with Crippen molar-refractivity contribution in [2.45, 2.75) is 18.5 Å². The summed E-state index contributed by atoms with van der Waals surface area (Å²) < 4.78 is 1.19. The SMILES string of the molecule is CN(C)c1cnn(CC(=O)NCC2(N(C)C)CCSC2)c(=O)c1. The third-order valence-corrected chi connectivity index (χ3v) is 5.54. The molecule has 0 aromatic carbocycles. The minimum absolute atomic E-state index is 0.00744. The smallest absolute Gasteiger partial charge is 0.269 e. The first-order chi connectivity index (χ1) is 10.8. The Kier molecular flexibility index (Phi) is 5.69. The maximum Gasteiger partial charge on any atom is 0.269 e. The zero-order valence-corrected chi connectivity index (χ0v) is 15.0. The van der Waals surface area contributed by atoms with E-state index in [1.165, 1.54) is 10.7 Å². The molecular weight excluding hydrogens is 314 g/mol. The molecule has 0 spiro atoms. The summed E-state index contributed by atoms with van der Waals surface area (Å²) in [5.41, 5.74) is 0.458. The standard InChI is InChI=1S/C15H25N5O2S/c1-18(2)12-7-14(22)20(17-8-12)9-13(21)16-10-15(19(3)4)5-6-23-11-15/h7-8H,5-6,9-11H2,1-4H3,(H,16,21). The predicted molar refractivity (Wildman–Crippen MR) is 94.2 cm³/mol. The molecule has 1 fully saturated rings. The normalized spacial score (nSPS) is 20.7. The molecule has 1 aromatic rings. The van der Waals surface area contributed by atoms with Crippen molar-refractivity contribution in [2.24, 2.45) is 0 Å². The third-order valence-electron chi connectivity index (χ3n) is 4.31. The van der Waals surface area contributed by atoms with Gasteiger partial charge >= 0.3 is 0 Å². The highest BCUT2D eigenvalue weighted by Gasteiger charge is 2.36. The van der Waals surface area contributed by atoms with E-state index in [2.05, 4.69) is 15.3 Å². The lowest BCUT2D eigenvalue weighted by molar-refractivity contribution is -0.122. The van der Waals surface area contributed by atoms with Gasteiger partial charge in [0, 0.05) is 38.0 Å². The number of likely N-dealkylation sites (N-methyl/N-ethyl adjacent to an activating group) is 1. The van der Waals surface area contributed by atoms with E-state index in [1.807, 2.05) is 40.0 Å². The van der Waals surface area contributed by atoms with Crippen molar-refractivity contribution >= 4 is 23.4 Å².